The third-order valence-electron chi connectivity index (χ3n) is 2.34. The van der Waals surface area contributed by atoms with Gasteiger partial charge in [-0.1, -0.05) is 0 Å². The molecule has 0 radical (unpaired) electrons. The van der Waals surface area contributed by atoms with Crippen molar-refractivity contribution in [2.75, 3.05) is 0 Å². The Labute approximate surface area is 77.7 Å². The zero-order valence-corrected chi connectivity index (χ0v) is 8.37. The van der Waals surface area contributed by atoms with Crippen LogP contribution in [0.1, 0.15) is 27.7 Å². The second kappa shape index (κ2) is 2.82. The van der Waals surface area contributed by atoms with Gasteiger partial charge in [-0.15, -0.1) is 0 Å². The van der Waals surface area contributed by atoms with Crippen LogP contribution in [0.5, 0.6) is 0 Å². The molecule has 0 bridgehead atoms. The van der Waals surface area contributed by atoms with Crippen LogP contribution in [0, 0.1) is 0 Å². The fraction of sp³-hybridized carbons (Fsp3) is 0.667. The Bertz CT molecular complexity index is 256. The largest absolute Gasteiger partial charge is 0.431 e. The molecule has 1 aliphatic rings. The quantitative estimate of drug-likeness (QED) is 0.659. The lowest BCUT2D eigenvalue weighted by molar-refractivity contribution is -0.191. The number of hydroxylamine groups is 2. The van der Waals surface area contributed by atoms with Crippen LogP contribution in [-0.4, -0.2) is 27.8 Å². The van der Waals surface area contributed by atoms with Crippen molar-refractivity contribution >= 4 is 6.47 Å². The van der Waals surface area contributed by atoms with Gasteiger partial charge in [-0.3, -0.25) is 4.79 Å². The maximum atomic E-state index is 10.2. The Hall–Kier alpha value is -0.870. The second-order valence-corrected chi connectivity index (χ2v) is 4.25. The van der Waals surface area contributed by atoms with Crippen molar-refractivity contribution in [1.29, 1.82) is 0 Å². The molecular weight excluding hydrogens is 170 g/mol. The van der Waals surface area contributed by atoms with E-state index in [1.807, 2.05) is 13.8 Å². The maximum absolute atomic E-state index is 10.2. The summed E-state index contributed by atoms with van der Waals surface area (Å²) in [5.41, 5.74) is -1.15. The minimum absolute atomic E-state index is 0.378. The number of rotatable bonds is 2. The van der Waals surface area contributed by atoms with Gasteiger partial charge in [0.25, 0.3) is 6.47 Å². The second-order valence-electron chi connectivity index (χ2n) is 4.25. The third kappa shape index (κ3) is 1.47. The minimum Gasteiger partial charge on any atom is -0.431 e. The molecule has 0 aromatic carbocycles. The van der Waals surface area contributed by atoms with E-state index in [0.717, 1.165) is 0 Å². The molecular formula is C9H15NO3. The Balaban J connectivity index is 3.01. The summed E-state index contributed by atoms with van der Waals surface area (Å²) in [6.07, 6.45) is 1.74. The van der Waals surface area contributed by atoms with Crippen LogP contribution in [-0.2, 0) is 9.53 Å². The summed E-state index contributed by atoms with van der Waals surface area (Å²) in [5, 5.41) is 10.9. The van der Waals surface area contributed by atoms with Crippen LogP contribution in [0.25, 0.3) is 0 Å². The summed E-state index contributed by atoms with van der Waals surface area (Å²) in [5.74, 6) is 0.481. The highest BCUT2D eigenvalue weighted by Crippen LogP contribution is 2.38. The topological polar surface area (TPSA) is 49.8 Å². The van der Waals surface area contributed by atoms with Gasteiger partial charge in [-0.05, 0) is 33.8 Å². The molecule has 0 aliphatic carbocycles. The third-order valence-corrected chi connectivity index (χ3v) is 2.34. The highest BCUT2D eigenvalue weighted by molar-refractivity contribution is 5.43. The molecule has 0 unspecified atom stereocenters. The predicted molar refractivity (Wildman–Crippen MR) is 47.0 cm³/mol. The molecule has 0 amide bonds. The van der Waals surface area contributed by atoms with E-state index in [2.05, 4.69) is 0 Å². The maximum Gasteiger partial charge on any atom is 0.298 e. The van der Waals surface area contributed by atoms with Crippen molar-refractivity contribution in [1.82, 2.24) is 5.06 Å². The highest BCUT2D eigenvalue weighted by Gasteiger charge is 2.46. The average molecular weight is 185 g/mol. The Morgan fingerprint density at radius 2 is 2.00 bits per heavy atom. The fourth-order valence-electron chi connectivity index (χ4n) is 1.61. The van der Waals surface area contributed by atoms with Crippen molar-refractivity contribution in [2.45, 2.75) is 38.8 Å². The van der Waals surface area contributed by atoms with E-state index >= 15 is 0 Å². The Morgan fingerprint density at radius 3 is 2.31 bits per heavy atom. The number of nitrogens with zero attached hydrogens (tertiary/aromatic N) is 1. The lowest BCUT2D eigenvalue weighted by atomic mass is 10.1. The minimum atomic E-state index is -0.648. The molecule has 0 saturated carbocycles. The number of carbonyl (C=O) groups excluding carboxylic acids is 1. The summed E-state index contributed by atoms with van der Waals surface area (Å²) in [6.45, 7) is 7.64. The zero-order chi connectivity index (χ0) is 10.3. The summed E-state index contributed by atoms with van der Waals surface area (Å²) in [4.78, 5) is 10.2. The molecule has 0 saturated heterocycles. The lowest BCUT2D eigenvalue weighted by Crippen LogP contribution is -2.48. The first-order valence-corrected chi connectivity index (χ1v) is 4.15. The first-order chi connectivity index (χ1) is 5.82. The number of carbonyl (C=O) groups is 1. The van der Waals surface area contributed by atoms with E-state index in [-0.39, 0.29) is 0 Å². The van der Waals surface area contributed by atoms with Crippen LogP contribution in [0.15, 0.2) is 11.8 Å². The van der Waals surface area contributed by atoms with E-state index < -0.39 is 11.1 Å². The van der Waals surface area contributed by atoms with Gasteiger partial charge in [0.05, 0.1) is 11.1 Å². The van der Waals surface area contributed by atoms with Gasteiger partial charge in [-0.25, -0.2) is 0 Å². The smallest absolute Gasteiger partial charge is 0.298 e. The lowest BCUT2D eigenvalue weighted by Gasteiger charge is -2.34. The average Bonchev–Trinajstić information content (AvgIpc) is 2.14. The molecule has 4 heteroatoms. The zero-order valence-electron chi connectivity index (χ0n) is 8.37. The van der Waals surface area contributed by atoms with Crippen molar-refractivity contribution in [3.05, 3.63) is 11.8 Å². The van der Waals surface area contributed by atoms with Gasteiger partial charge in [0.1, 0.15) is 5.76 Å². The molecule has 0 atom stereocenters. The van der Waals surface area contributed by atoms with Crippen LogP contribution in [0.2, 0.25) is 0 Å². The highest BCUT2D eigenvalue weighted by atomic mass is 16.5. The first kappa shape index (κ1) is 10.2. The van der Waals surface area contributed by atoms with Gasteiger partial charge in [-0.2, -0.15) is 5.06 Å². The molecule has 4 nitrogen and oxygen atoms in total. The molecule has 1 rings (SSSR count). The molecule has 74 valence electrons. The molecule has 1 aliphatic heterocycles. The van der Waals surface area contributed by atoms with Crippen molar-refractivity contribution in [3.8, 4) is 0 Å². The van der Waals surface area contributed by atoms with E-state index in [1.54, 1.807) is 19.9 Å². The summed E-state index contributed by atoms with van der Waals surface area (Å²) in [6, 6.07) is 0. The molecule has 0 fully saturated rings. The Kier molecular flexibility index (Phi) is 2.21. The van der Waals surface area contributed by atoms with Gasteiger partial charge in [0, 0.05) is 0 Å². The molecule has 0 aromatic rings. The van der Waals surface area contributed by atoms with Crippen molar-refractivity contribution in [3.63, 3.8) is 0 Å². The molecule has 1 heterocycles. The van der Waals surface area contributed by atoms with Crippen LogP contribution >= 0.6 is 0 Å². The monoisotopic (exact) mass is 185 g/mol. The van der Waals surface area contributed by atoms with Crippen LogP contribution in [0.3, 0.4) is 0 Å². The van der Waals surface area contributed by atoms with Crippen molar-refractivity contribution in [2.24, 2.45) is 0 Å². The molecule has 0 spiro atoms. The first-order valence-electron chi connectivity index (χ1n) is 4.15. The van der Waals surface area contributed by atoms with E-state index in [4.69, 9.17) is 4.74 Å². The fourth-order valence-corrected chi connectivity index (χ4v) is 1.61. The van der Waals surface area contributed by atoms with E-state index in [9.17, 15) is 10.0 Å². The van der Waals surface area contributed by atoms with Gasteiger partial charge in [0.15, 0.2) is 0 Å². The van der Waals surface area contributed by atoms with Crippen molar-refractivity contribution < 1.29 is 14.7 Å². The van der Waals surface area contributed by atoms with E-state index in [1.165, 1.54) is 5.06 Å². The van der Waals surface area contributed by atoms with Gasteiger partial charge < -0.3 is 9.94 Å². The molecule has 1 N–H and O–H groups in total. The summed E-state index contributed by atoms with van der Waals surface area (Å²) in [7, 11) is 0. The normalized spacial score (nSPS) is 25.5. The number of ether oxygens (including phenoxy) is 1. The summed E-state index contributed by atoms with van der Waals surface area (Å²) < 4.78 is 4.80. The molecule has 13 heavy (non-hydrogen) atoms. The molecule has 0 aromatic heterocycles. The van der Waals surface area contributed by atoms with Gasteiger partial charge >= 0.3 is 0 Å². The standard InChI is InChI=1S/C9H15NO3/c1-8(2)5-7(13-6-11)9(3,4)10(8)12/h5-6,12H,1-4H3. The summed E-state index contributed by atoms with van der Waals surface area (Å²) >= 11 is 0. The van der Waals surface area contributed by atoms with E-state index in [0.29, 0.717) is 12.2 Å². The van der Waals surface area contributed by atoms with Gasteiger partial charge in [0.2, 0.25) is 0 Å². The SMILES string of the molecule is CC1(C)C=C(OC=O)C(C)(C)N1O. The predicted octanol–water partition coefficient (Wildman–Crippen LogP) is 1.31. The number of hydrogen-bond donors (Lipinski definition) is 1. The Morgan fingerprint density at radius 1 is 1.46 bits per heavy atom. The van der Waals surface area contributed by atoms with Crippen LogP contribution in [0.4, 0.5) is 0 Å². The number of hydrogen-bond acceptors (Lipinski definition) is 4. The van der Waals surface area contributed by atoms with Crippen LogP contribution < -0.4 is 0 Å².